The van der Waals surface area contributed by atoms with Gasteiger partial charge in [0, 0.05) is 24.6 Å². The number of primary amides is 1. The molecule has 126 valence electrons. The third-order valence-electron chi connectivity index (χ3n) is 5.00. The molecule has 1 aromatic rings. The lowest BCUT2D eigenvalue weighted by molar-refractivity contribution is -0.121. The largest absolute Gasteiger partial charge is 0.370 e. The highest BCUT2D eigenvalue weighted by Crippen LogP contribution is 2.59. The van der Waals surface area contributed by atoms with E-state index in [0.717, 1.165) is 38.0 Å². The fourth-order valence-electron chi connectivity index (χ4n) is 3.56. The van der Waals surface area contributed by atoms with E-state index in [1.54, 1.807) is 4.90 Å². The number of anilines is 1. The molecule has 6 heteroatoms. The van der Waals surface area contributed by atoms with Gasteiger partial charge in [-0.15, -0.1) is 12.4 Å². The molecule has 23 heavy (non-hydrogen) atoms. The van der Waals surface area contributed by atoms with E-state index in [2.05, 4.69) is 5.32 Å². The minimum Gasteiger partial charge on any atom is -0.370 e. The summed E-state index contributed by atoms with van der Waals surface area (Å²) >= 11 is 0. The Morgan fingerprint density at radius 3 is 2.48 bits per heavy atom. The molecule has 0 radical (unpaired) electrons. The van der Waals surface area contributed by atoms with E-state index in [9.17, 15) is 9.59 Å². The van der Waals surface area contributed by atoms with Gasteiger partial charge in [-0.3, -0.25) is 9.59 Å². The predicted octanol–water partition coefficient (Wildman–Crippen LogP) is 1.71. The summed E-state index contributed by atoms with van der Waals surface area (Å²) in [7, 11) is 0. The van der Waals surface area contributed by atoms with Crippen LogP contribution in [0, 0.1) is 11.3 Å². The standard InChI is InChI=1S/C17H23N3O2.ClH/c18-15(21)6-11-20(13-4-2-1-3-5-13)16(22)14-12-17(14)7-9-19-10-8-17;/h1-5,14,19H,6-12H2,(H2,18,21);1H. The topological polar surface area (TPSA) is 75.4 Å². The molecule has 1 aliphatic carbocycles. The van der Waals surface area contributed by atoms with E-state index < -0.39 is 0 Å². The number of nitrogens with zero attached hydrogens (tertiary/aromatic N) is 1. The van der Waals surface area contributed by atoms with Crippen LogP contribution in [0.1, 0.15) is 25.7 Å². The normalized spacial score (nSPS) is 21.3. The molecule has 1 unspecified atom stereocenters. The zero-order chi connectivity index (χ0) is 15.6. The first-order chi connectivity index (χ1) is 10.6. The fraction of sp³-hybridized carbons (Fsp3) is 0.529. The summed E-state index contributed by atoms with van der Waals surface area (Å²) in [5, 5.41) is 3.35. The Labute approximate surface area is 143 Å². The third-order valence-corrected chi connectivity index (χ3v) is 5.00. The number of benzene rings is 1. The van der Waals surface area contributed by atoms with E-state index in [1.807, 2.05) is 30.3 Å². The van der Waals surface area contributed by atoms with E-state index in [-0.39, 0.29) is 42.0 Å². The van der Waals surface area contributed by atoms with Crippen LogP contribution < -0.4 is 16.0 Å². The average Bonchev–Trinajstić information content (AvgIpc) is 3.22. The molecule has 2 fully saturated rings. The van der Waals surface area contributed by atoms with Crippen LogP contribution in [0.2, 0.25) is 0 Å². The molecule has 0 aromatic heterocycles. The van der Waals surface area contributed by atoms with Crippen LogP contribution >= 0.6 is 12.4 Å². The summed E-state index contributed by atoms with van der Waals surface area (Å²) in [5.74, 6) is -0.127. The van der Waals surface area contributed by atoms with Gasteiger partial charge in [-0.2, -0.15) is 0 Å². The second-order valence-corrected chi connectivity index (χ2v) is 6.41. The summed E-state index contributed by atoms with van der Waals surface area (Å²) in [6.45, 7) is 2.36. The predicted molar refractivity (Wildman–Crippen MR) is 92.5 cm³/mol. The first-order valence-electron chi connectivity index (χ1n) is 7.98. The molecule has 3 N–H and O–H groups in total. The molecule has 1 aliphatic heterocycles. The number of piperidine rings is 1. The molecule has 3 rings (SSSR count). The van der Waals surface area contributed by atoms with Crippen molar-refractivity contribution in [3.63, 3.8) is 0 Å². The Morgan fingerprint density at radius 2 is 1.87 bits per heavy atom. The van der Waals surface area contributed by atoms with Gasteiger partial charge in [0.2, 0.25) is 11.8 Å². The molecule has 2 aliphatic rings. The van der Waals surface area contributed by atoms with Gasteiger partial charge >= 0.3 is 0 Å². The molecule has 1 atom stereocenters. The Bertz CT molecular complexity index is 558. The number of amides is 2. The summed E-state index contributed by atoms with van der Waals surface area (Å²) in [4.78, 5) is 25.8. The number of hydrogen-bond acceptors (Lipinski definition) is 3. The lowest BCUT2D eigenvalue weighted by Gasteiger charge is -2.27. The van der Waals surface area contributed by atoms with Crippen molar-refractivity contribution in [2.24, 2.45) is 17.1 Å². The Morgan fingerprint density at radius 1 is 1.22 bits per heavy atom. The monoisotopic (exact) mass is 337 g/mol. The number of carbonyl (C=O) groups is 2. The molecule has 0 bridgehead atoms. The van der Waals surface area contributed by atoms with E-state index in [1.165, 1.54) is 0 Å². The van der Waals surface area contributed by atoms with Crippen molar-refractivity contribution < 1.29 is 9.59 Å². The first-order valence-corrected chi connectivity index (χ1v) is 7.98. The molecule has 5 nitrogen and oxygen atoms in total. The van der Waals surface area contributed by atoms with Gasteiger partial charge < -0.3 is 16.0 Å². The molecule has 1 aromatic carbocycles. The number of rotatable bonds is 5. The average molecular weight is 338 g/mol. The molecule has 1 saturated heterocycles. The van der Waals surface area contributed by atoms with Crippen LogP contribution in [0.5, 0.6) is 0 Å². The van der Waals surface area contributed by atoms with Crippen molar-refractivity contribution in [3.8, 4) is 0 Å². The maximum absolute atomic E-state index is 12.9. The van der Waals surface area contributed by atoms with Crippen LogP contribution in [-0.2, 0) is 9.59 Å². The summed E-state index contributed by atoms with van der Waals surface area (Å²) in [5.41, 5.74) is 6.31. The number of nitrogens with two attached hydrogens (primary N) is 1. The summed E-state index contributed by atoms with van der Waals surface area (Å²) in [6.07, 6.45) is 3.32. The van der Waals surface area contributed by atoms with Crippen molar-refractivity contribution in [1.82, 2.24) is 5.32 Å². The molecule has 1 spiro atoms. The molecular weight excluding hydrogens is 314 g/mol. The maximum atomic E-state index is 12.9. The lowest BCUT2D eigenvalue weighted by Crippen LogP contribution is -2.38. The number of carbonyl (C=O) groups excluding carboxylic acids is 2. The SMILES string of the molecule is Cl.NC(=O)CCN(C(=O)C1CC12CCNCC2)c1ccccc1. The van der Waals surface area contributed by atoms with Crippen molar-refractivity contribution >= 4 is 29.9 Å². The minimum absolute atomic E-state index is 0. The van der Waals surface area contributed by atoms with E-state index in [0.29, 0.717) is 6.54 Å². The van der Waals surface area contributed by atoms with Crippen LogP contribution in [-0.4, -0.2) is 31.4 Å². The first kappa shape index (κ1) is 17.8. The number of hydrogen-bond donors (Lipinski definition) is 2. The van der Waals surface area contributed by atoms with Gasteiger partial charge in [0.15, 0.2) is 0 Å². The quantitative estimate of drug-likeness (QED) is 0.858. The highest BCUT2D eigenvalue weighted by Gasteiger charge is 2.58. The molecular formula is C17H24ClN3O2. The second-order valence-electron chi connectivity index (χ2n) is 6.41. The fourth-order valence-corrected chi connectivity index (χ4v) is 3.56. The third kappa shape index (κ3) is 3.85. The van der Waals surface area contributed by atoms with Crippen molar-refractivity contribution in [1.29, 1.82) is 0 Å². The number of nitrogens with one attached hydrogen (secondary N) is 1. The number of halogens is 1. The smallest absolute Gasteiger partial charge is 0.230 e. The zero-order valence-corrected chi connectivity index (χ0v) is 14.0. The van der Waals surface area contributed by atoms with E-state index >= 15 is 0 Å². The van der Waals surface area contributed by atoms with Gasteiger partial charge in [-0.1, -0.05) is 18.2 Å². The molecule has 1 saturated carbocycles. The second kappa shape index (κ2) is 7.32. The Kier molecular flexibility index (Phi) is 5.65. The minimum atomic E-state index is -0.374. The van der Waals surface area contributed by atoms with Crippen LogP contribution in [0.15, 0.2) is 30.3 Å². The Balaban J connectivity index is 0.00000192. The van der Waals surface area contributed by atoms with Gasteiger partial charge in [0.1, 0.15) is 0 Å². The maximum Gasteiger partial charge on any atom is 0.230 e. The highest BCUT2D eigenvalue weighted by molar-refractivity contribution is 5.97. The van der Waals surface area contributed by atoms with Crippen molar-refractivity contribution in [3.05, 3.63) is 30.3 Å². The summed E-state index contributed by atoms with van der Waals surface area (Å²) < 4.78 is 0. The van der Waals surface area contributed by atoms with Crippen LogP contribution in [0.25, 0.3) is 0 Å². The molecule has 2 amide bonds. The van der Waals surface area contributed by atoms with Gasteiger partial charge in [0.25, 0.3) is 0 Å². The van der Waals surface area contributed by atoms with Gasteiger partial charge in [0.05, 0.1) is 0 Å². The summed E-state index contributed by atoms with van der Waals surface area (Å²) in [6, 6.07) is 9.57. The van der Waals surface area contributed by atoms with Gasteiger partial charge in [-0.05, 0) is 49.9 Å². The van der Waals surface area contributed by atoms with Gasteiger partial charge in [-0.25, -0.2) is 0 Å². The van der Waals surface area contributed by atoms with Crippen molar-refractivity contribution in [2.75, 3.05) is 24.5 Å². The lowest BCUT2D eigenvalue weighted by atomic mass is 9.91. The Hall–Kier alpha value is -1.59. The van der Waals surface area contributed by atoms with Crippen molar-refractivity contribution in [2.45, 2.75) is 25.7 Å². The van der Waals surface area contributed by atoms with E-state index in [4.69, 9.17) is 5.73 Å². The number of para-hydroxylation sites is 1. The van der Waals surface area contributed by atoms with Crippen LogP contribution in [0.4, 0.5) is 5.69 Å². The van der Waals surface area contributed by atoms with Crippen LogP contribution in [0.3, 0.4) is 0 Å². The molecule has 1 heterocycles. The highest BCUT2D eigenvalue weighted by atomic mass is 35.5. The zero-order valence-electron chi connectivity index (χ0n) is 13.2.